The standard InChI is InChI=1S/C18H20FN3O3/c19-14-6-4-13(5-7-14)11-22-10-1-3-15(16(22)23)21-17(24)20-12-18(25)8-2-9-18/h1,3-7,10,25H,2,8-9,11-12H2,(H2,20,21,24). The maximum atomic E-state index is 13.0. The molecule has 0 radical (unpaired) electrons. The average molecular weight is 345 g/mol. The monoisotopic (exact) mass is 345 g/mol. The van der Waals surface area contributed by atoms with Crippen molar-refractivity contribution in [2.75, 3.05) is 11.9 Å². The molecule has 132 valence electrons. The Hall–Kier alpha value is -2.67. The molecule has 0 aliphatic heterocycles. The number of carbonyl (C=O) groups excluding carboxylic acids is 1. The summed E-state index contributed by atoms with van der Waals surface area (Å²) in [6.07, 6.45) is 3.89. The Labute approximate surface area is 144 Å². The van der Waals surface area contributed by atoms with Gasteiger partial charge in [0.1, 0.15) is 11.5 Å². The molecule has 1 aromatic carbocycles. The van der Waals surface area contributed by atoms with Crippen LogP contribution in [0, 0.1) is 5.82 Å². The molecule has 0 unspecified atom stereocenters. The molecule has 0 saturated heterocycles. The summed E-state index contributed by atoms with van der Waals surface area (Å²) >= 11 is 0. The van der Waals surface area contributed by atoms with Crippen LogP contribution >= 0.6 is 0 Å². The molecule has 1 aliphatic carbocycles. The number of aliphatic hydroxyl groups is 1. The zero-order valence-electron chi connectivity index (χ0n) is 13.7. The van der Waals surface area contributed by atoms with Gasteiger partial charge in [0.25, 0.3) is 5.56 Å². The molecule has 6 nitrogen and oxygen atoms in total. The highest BCUT2D eigenvalue weighted by Gasteiger charge is 2.34. The van der Waals surface area contributed by atoms with Gasteiger partial charge in [-0.05, 0) is 49.1 Å². The van der Waals surface area contributed by atoms with Crippen LogP contribution in [0.5, 0.6) is 0 Å². The first-order chi connectivity index (χ1) is 12.0. The van der Waals surface area contributed by atoms with Crippen molar-refractivity contribution in [3.8, 4) is 0 Å². The minimum atomic E-state index is -0.823. The summed E-state index contributed by atoms with van der Waals surface area (Å²) in [5.74, 6) is -0.337. The third-order valence-electron chi connectivity index (χ3n) is 4.40. The van der Waals surface area contributed by atoms with E-state index in [4.69, 9.17) is 0 Å². The van der Waals surface area contributed by atoms with E-state index in [9.17, 15) is 19.1 Å². The van der Waals surface area contributed by atoms with E-state index < -0.39 is 11.6 Å². The average Bonchev–Trinajstić information content (AvgIpc) is 2.57. The van der Waals surface area contributed by atoms with Crippen LogP contribution in [-0.4, -0.2) is 27.9 Å². The van der Waals surface area contributed by atoms with Gasteiger partial charge < -0.3 is 20.3 Å². The molecule has 2 aromatic rings. The Bertz CT molecular complexity index is 813. The fourth-order valence-electron chi connectivity index (χ4n) is 2.72. The number of anilines is 1. The Morgan fingerprint density at radius 3 is 2.60 bits per heavy atom. The zero-order chi connectivity index (χ0) is 17.9. The quantitative estimate of drug-likeness (QED) is 0.776. The van der Waals surface area contributed by atoms with Crippen LogP contribution in [0.25, 0.3) is 0 Å². The lowest BCUT2D eigenvalue weighted by Crippen LogP contribution is -2.49. The van der Waals surface area contributed by atoms with E-state index in [2.05, 4.69) is 10.6 Å². The van der Waals surface area contributed by atoms with Gasteiger partial charge >= 0.3 is 6.03 Å². The van der Waals surface area contributed by atoms with E-state index in [-0.39, 0.29) is 30.2 Å². The summed E-state index contributed by atoms with van der Waals surface area (Å²) in [7, 11) is 0. The van der Waals surface area contributed by atoms with Gasteiger partial charge in [0.15, 0.2) is 0 Å². The normalized spacial score (nSPS) is 15.3. The second-order valence-corrected chi connectivity index (χ2v) is 6.37. The predicted molar refractivity (Wildman–Crippen MR) is 92.0 cm³/mol. The summed E-state index contributed by atoms with van der Waals surface area (Å²) in [6.45, 7) is 0.436. The fourth-order valence-corrected chi connectivity index (χ4v) is 2.72. The van der Waals surface area contributed by atoms with E-state index in [1.807, 2.05) is 0 Å². The molecule has 1 aliphatic rings. The highest BCUT2D eigenvalue weighted by Crippen LogP contribution is 2.30. The van der Waals surface area contributed by atoms with Crippen molar-refractivity contribution >= 4 is 11.7 Å². The van der Waals surface area contributed by atoms with Gasteiger partial charge in [-0.25, -0.2) is 9.18 Å². The Morgan fingerprint density at radius 1 is 1.24 bits per heavy atom. The molecule has 1 heterocycles. The molecule has 0 bridgehead atoms. The molecule has 2 amide bonds. The lowest BCUT2D eigenvalue weighted by atomic mass is 9.80. The second kappa shape index (κ2) is 7.06. The maximum absolute atomic E-state index is 13.0. The summed E-state index contributed by atoms with van der Waals surface area (Å²) in [5, 5.41) is 15.1. The third kappa shape index (κ3) is 4.24. The first-order valence-corrected chi connectivity index (χ1v) is 8.16. The van der Waals surface area contributed by atoms with Gasteiger partial charge in [0.2, 0.25) is 0 Å². The Kier molecular flexibility index (Phi) is 4.85. The van der Waals surface area contributed by atoms with Crippen molar-refractivity contribution in [2.45, 2.75) is 31.4 Å². The highest BCUT2D eigenvalue weighted by atomic mass is 19.1. The number of urea groups is 1. The number of halogens is 1. The van der Waals surface area contributed by atoms with Crippen LogP contribution in [0.1, 0.15) is 24.8 Å². The number of benzene rings is 1. The molecule has 0 atom stereocenters. The van der Waals surface area contributed by atoms with Gasteiger partial charge in [-0.2, -0.15) is 0 Å². The lowest BCUT2D eigenvalue weighted by molar-refractivity contribution is -0.0287. The van der Waals surface area contributed by atoms with Crippen molar-refractivity contribution < 1.29 is 14.3 Å². The van der Waals surface area contributed by atoms with Crippen molar-refractivity contribution in [3.63, 3.8) is 0 Å². The van der Waals surface area contributed by atoms with Crippen LogP contribution in [0.3, 0.4) is 0 Å². The van der Waals surface area contributed by atoms with Crippen molar-refractivity contribution in [2.24, 2.45) is 0 Å². The van der Waals surface area contributed by atoms with Crippen molar-refractivity contribution in [3.05, 3.63) is 64.3 Å². The van der Waals surface area contributed by atoms with Crippen LogP contribution in [0.2, 0.25) is 0 Å². The number of rotatable bonds is 5. The molecule has 0 spiro atoms. The van der Waals surface area contributed by atoms with Crippen LogP contribution in [0.4, 0.5) is 14.9 Å². The number of aromatic nitrogens is 1. The SMILES string of the molecule is O=C(NCC1(O)CCC1)Nc1cccn(Cc2ccc(F)cc2)c1=O. The largest absolute Gasteiger partial charge is 0.388 e. The van der Waals surface area contributed by atoms with Crippen LogP contribution in [-0.2, 0) is 6.54 Å². The van der Waals surface area contributed by atoms with E-state index in [0.717, 1.165) is 12.0 Å². The first-order valence-electron chi connectivity index (χ1n) is 8.16. The smallest absolute Gasteiger partial charge is 0.319 e. The van der Waals surface area contributed by atoms with Gasteiger partial charge in [-0.1, -0.05) is 12.1 Å². The van der Waals surface area contributed by atoms with E-state index in [0.29, 0.717) is 12.8 Å². The molecular formula is C18H20FN3O3. The first kappa shape index (κ1) is 17.2. The van der Waals surface area contributed by atoms with E-state index >= 15 is 0 Å². The molecular weight excluding hydrogens is 325 g/mol. The minimum Gasteiger partial charge on any atom is -0.388 e. The van der Waals surface area contributed by atoms with Gasteiger partial charge in [0, 0.05) is 12.7 Å². The fraction of sp³-hybridized carbons (Fsp3) is 0.333. The Morgan fingerprint density at radius 2 is 1.96 bits per heavy atom. The predicted octanol–water partition coefficient (Wildman–Crippen LogP) is 2.07. The molecule has 1 aromatic heterocycles. The zero-order valence-corrected chi connectivity index (χ0v) is 13.7. The number of hydrogen-bond acceptors (Lipinski definition) is 3. The Balaban J connectivity index is 1.65. The lowest BCUT2D eigenvalue weighted by Gasteiger charge is -2.36. The number of hydrogen-bond donors (Lipinski definition) is 3. The molecule has 1 saturated carbocycles. The van der Waals surface area contributed by atoms with Crippen LogP contribution < -0.4 is 16.2 Å². The summed E-state index contributed by atoms with van der Waals surface area (Å²) < 4.78 is 14.4. The minimum absolute atomic E-state index is 0.141. The molecule has 25 heavy (non-hydrogen) atoms. The molecule has 7 heteroatoms. The van der Waals surface area contributed by atoms with Crippen molar-refractivity contribution in [1.82, 2.24) is 9.88 Å². The number of pyridine rings is 1. The third-order valence-corrected chi connectivity index (χ3v) is 4.40. The van der Waals surface area contributed by atoms with Gasteiger partial charge in [-0.15, -0.1) is 0 Å². The summed E-state index contributed by atoms with van der Waals surface area (Å²) in [5.41, 5.74) is -0.263. The topological polar surface area (TPSA) is 83.4 Å². The van der Waals surface area contributed by atoms with E-state index in [1.54, 1.807) is 24.4 Å². The highest BCUT2D eigenvalue weighted by molar-refractivity contribution is 5.89. The number of nitrogens with one attached hydrogen (secondary N) is 2. The molecule has 1 fully saturated rings. The number of nitrogens with zero attached hydrogens (tertiary/aromatic N) is 1. The second-order valence-electron chi connectivity index (χ2n) is 6.37. The van der Waals surface area contributed by atoms with Crippen LogP contribution in [0.15, 0.2) is 47.4 Å². The molecule has 3 N–H and O–H groups in total. The van der Waals surface area contributed by atoms with E-state index in [1.165, 1.54) is 22.8 Å². The summed E-state index contributed by atoms with van der Waals surface area (Å²) in [4.78, 5) is 24.4. The van der Waals surface area contributed by atoms with Gasteiger partial charge in [0.05, 0.1) is 12.1 Å². The van der Waals surface area contributed by atoms with Crippen molar-refractivity contribution in [1.29, 1.82) is 0 Å². The van der Waals surface area contributed by atoms with Gasteiger partial charge in [-0.3, -0.25) is 4.79 Å². The maximum Gasteiger partial charge on any atom is 0.319 e. The molecule has 3 rings (SSSR count). The number of amides is 2. The summed E-state index contributed by atoms with van der Waals surface area (Å²) in [6, 6.07) is 8.52. The number of carbonyl (C=O) groups is 1.